The summed E-state index contributed by atoms with van der Waals surface area (Å²) in [6.07, 6.45) is 0. The van der Waals surface area contributed by atoms with Crippen LogP contribution in [0.25, 0.3) is 10.2 Å². The van der Waals surface area contributed by atoms with Crippen molar-refractivity contribution in [1.82, 2.24) is 4.98 Å². The Balaban J connectivity index is 2.46. The van der Waals surface area contributed by atoms with Gasteiger partial charge in [-0.25, -0.2) is 4.98 Å². The lowest BCUT2D eigenvalue weighted by Crippen LogP contribution is -1.94. The molecule has 2 aromatic rings. The van der Waals surface area contributed by atoms with Gasteiger partial charge in [-0.3, -0.25) is 10.3 Å². The molecular weight excluding hydrogens is 172 g/mol. The number of anilines is 1. The number of nitrogens with one attached hydrogen (secondary N) is 1. The molecule has 1 heterocycles. The number of aromatic nitrogens is 1. The maximum absolute atomic E-state index is 4.79. The summed E-state index contributed by atoms with van der Waals surface area (Å²) < 4.78 is 1.16. The van der Waals surface area contributed by atoms with E-state index in [1.54, 1.807) is 18.4 Å². The van der Waals surface area contributed by atoms with E-state index in [9.17, 15) is 0 Å². The summed E-state index contributed by atoms with van der Waals surface area (Å²) in [5.74, 6) is 0. The van der Waals surface area contributed by atoms with Crippen LogP contribution in [0.5, 0.6) is 0 Å². The van der Waals surface area contributed by atoms with Gasteiger partial charge >= 0.3 is 0 Å². The fourth-order valence-corrected chi connectivity index (χ4v) is 1.75. The molecule has 0 aliphatic rings. The van der Waals surface area contributed by atoms with Crippen LogP contribution >= 0.6 is 11.3 Å². The van der Waals surface area contributed by atoms with Crippen LogP contribution < -0.4 is 5.48 Å². The predicted octanol–water partition coefficient (Wildman–Crippen LogP) is 2.27. The topological polar surface area (TPSA) is 34.1 Å². The van der Waals surface area contributed by atoms with Crippen LogP contribution in [0.4, 0.5) is 5.69 Å². The first-order valence-electron chi connectivity index (χ1n) is 3.52. The van der Waals surface area contributed by atoms with Crippen LogP contribution in [0.2, 0.25) is 0 Å². The molecule has 0 saturated carbocycles. The number of nitrogens with zero attached hydrogens (tertiary/aromatic N) is 1. The van der Waals surface area contributed by atoms with Crippen LogP contribution in [0.3, 0.4) is 0 Å². The summed E-state index contributed by atoms with van der Waals surface area (Å²) in [5.41, 5.74) is 6.59. The lowest BCUT2D eigenvalue weighted by Gasteiger charge is -2.00. The van der Waals surface area contributed by atoms with Gasteiger partial charge in [0, 0.05) is 0 Å². The number of benzene rings is 1. The standard InChI is InChI=1S/C8H8N2OS/c1-11-10-6-2-3-7-8(4-6)12-5-9-7/h2-5,10H,1H3. The highest BCUT2D eigenvalue weighted by Crippen LogP contribution is 2.21. The average Bonchev–Trinajstić information content (AvgIpc) is 2.51. The van der Waals surface area contributed by atoms with Crippen LogP contribution in [-0.4, -0.2) is 12.1 Å². The minimum atomic E-state index is 0.953. The van der Waals surface area contributed by atoms with Crippen molar-refractivity contribution in [1.29, 1.82) is 0 Å². The molecular formula is C8H8N2OS. The van der Waals surface area contributed by atoms with E-state index in [2.05, 4.69) is 10.5 Å². The number of thiazole rings is 1. The molecule has 0 atom stereocenters. The highest BCUT2D eigenvalue weighted by Gasteiger charge is 1.96. The minimum Gasteiger partial charge on any atom is -0.279 e. The zero-order valence-corrected chi connectivity index (χ0v) is 7.39. The number of fused-ring (bicyclic) bond motifs is 1. The molecule has 0 radical (unpaired) electrons. The van der Waals surface area contributed by atoms with E-state index in [-0.39, 0.29) is 0 Å². The summed E-state index contributed by atoms with van der Waals surface area (Å²) in [6.45, 7) is 0. The quantitative estimate of drug-likeness (QED) is 0.720. The lowest BCUT2D eigenvalue weighted by atomic mass is 10.3. The molecule has 62 valence electrons. The molecule has 0 fully saturated rings. The van der Waals surface area contributed by atoms with Crippen molar-refractivity contribution in [3.8, 4) is 0 Å². The smallest absolute Gasteiger partial charge is 0.0813 e. The summed E-state index contributed by atoms with van der Waals surface area (Å²) in [7, 11) is 1.59. The monoisotopic (exact) mass is 180 g/mol. The number of rotatable bonds is 2. The van der Waals surface area contributed by atoms with Crippen LogP contribution in [0, 0.1) is 0 Å². The van der Waals surface area contributed by atoms with Gasteiger partial charge in [0.2, 0.25) is 0 Å². The molecule has 0 aliphatic carbocycles. The minimum absolute atomic E-state index is 0.953. The van der Waals surface area contributed by atoms with Gasteiger partial charge in [-0.05, 0) is 18.2 Å². The molecule has 0 amide bonds. The molecule has 0 saturated heterocycles. The molecule has 12 heavy (non-hydrogen) atoms. The zero-order valence-electron chi connectivity index (χ0n) is 6.57. The van der Waals surface area contributed by atoms with Gasteiger partial charge in [0.15, 0.2) is 0 Å². The van der Waals surface area contributed by atoms with Gasteiger partial charge in [-0.1, -0.05) is 0 Å². The average molecular weight is 180 g/mol. The molecule has 0 spiro atoms. The third-order valence-electron chi connectivity index (χ3n) is 1.55. The maximum atomic E-state index is 4.79. The Labute approximate surface area is 74.0 Å². The first-order valence-corrected chi connectivity index (χ1v) is 4.40. The Morgan fingerprint density at radius 3 is 3.25 bits per heavy atom. The van der Waals surface area contributed by atoms with Crippen molar-refractivity contribution in [2.24, 2.45) is 0 Å². The Morgan fingerprint density at radius 2 is 2.42 bits per heavy atom. The van der Waals surface area contributed by atoms with E-state index in [4.69, 9.17) is 4.84 Å². The second-order valence-corrected chi connectivity index (χ2v) is 3.23. The highest BCUT2D eigenvalue weighted by molar-refractivity contribution is 7.16. The lowest BCUT2D eigenvalue weighted by molar-refractivity contribution is 0.271. The molecule has 3 nitrogen and oxygen atoms in total. The fourth-order valence-electron chi connectivity index (χ4n) is 1.04. The van der Waals surface area contributed by atoms with E-state index in [1.165, 1.54) is 0 Å². The van der Waals surface area contributed by atoms with E-state index in [1.807, 2.05) is 23.7 Å². The number of hydrogen-bond donors (Lipinski definition) is 1. The summed E-state index contributed by atoms with van der Waals surface area (Å²) in [4.78, 5) is 8.96. The van der Waals surface area contributed by atoms with Crippen molar-refractivity contribution in [2.75, 3.05) is 12.6 Å². The predicted molar refractivity (Wildman–Crippen MR) is 50.3 cm³/mol. The van der Waals surface area contributed by atoms with E-state index in [0.717, 1.165) is 15.9 Å². The van der Waals surface area contributed by atoms with Crippen LogP contribution in [0.1, 0.15) is 0 Å². The van der Waals surface area contributed by atoms with Gasteiger partial charge < -0.3 is 0 Å². The summed E-state index contributed by atoms with van der Waals surface area (Å²) in [6, 6.07) is 5.91. The van der Waals surface area contributed by atoms with Gasteiger partial charge in [-0.15, -0.1) is 11.3 Å². The molecule has 1 aromatic carbocycles. The van der Waals surface area contributed by atoms with E-state index >= 15 is 0 Å². The van der Waals surface area contributed by atoms with Crippen molar-refractivity contribution in [3.05, 3.63) is 23.7 Å². The Hall–Kier alpha value is -1.13. The van der Waals surface area contributed by atoms with Gasteiger partial charge in [0.1, 0.15) is 0 Å². The van der Waals surface area contributed by atoms with Gasteiger partial charge in [0.25, 0.3) is 0 Å². The summed E-state index contributed by atoms with van der Waals surface area (Å²) in [5, 5.41) is 0. The Bertz CT molecular complexity index is 385. The van der Waals surface area contributed by atoms with Gasteiger partial charge in [-0.2, -0.15) is 0 Å². The molecule has 0 bridgehead atoms. The normalized spacial score (nSPS) is 10.4. The highest BCUT2D eigenvalue weighted by atomic mass is 32.1. The van der Waals surface area contributed by atoms with Crippen molar-refractivity contribution < 1.29 is 4.84 Å². The Kier molecular flexibility index (Phi) is 1.93. The molecule has 4 heteroatoms. The number of hydrogen-bond acceptors (Lipinski definition) is 4. The molecule has 1 aromatic heterocycles. The van der Waals surface area contributed by atoms with Crippen LogP contribution in [-0.2, 0) is 4.84 Å². The SMILES string of the molecule is CONc1ccc2ncsc2c1. The molecule has 2 rings (SSSR count). The third kappa shape index (κ3) is 1.26. The molecule has 0 aliphatic heterocycles. The second-order valence-electron chi connectivity index (χ2n) is 2.34. The molecule has 0 unspecified atom stereocenters. The van der Waals surface area contributed by atoms with E-state index < -0.39 is 0 Å². The first-order chi connectivity index (χ1) is 5.90. The van der Waals surface area contributed by atoms with Crippen LogP contribution in [0.15, 0.2) is 23.7 Å². The van der Waals surface area contributed by atoms with Crippen molar-refractivity contribution in [3.63, 3.8) is 0 Å². The van der Waals surface area contributed by atoms with Crippen molar-refractivity contribution in [2.45, 2.75) is 0 Å². The molecule has 1 N–H and O–H groups in total. The third-order valence-corrected chi connectivity index (χ3v) is 2.34. The van der Waals surface area contributed by atoms with Crippen molar-refractivity contribution >= 4 is 27.2 Å². The first kappa shape index (κ1) is 7.52. The zero-order chi connectivity index (χ0) is 8.39. The van der Waals surface area contributed by atoms with Gasteiger partial charge in [0.05, 0.1) is 28.5 Å². The van der Waals surface area contributed by atoms with E-state index in [0.29, 0.717) is 0 Å². The summed E-state index contributed by atoms with van der Waals surface area (Å²) >= 11 is 1.62. The largest absolute Gasteiger partial charge is 0.279 e. The second kappa shape index (κ2) is 3.08. The maximum Gasteiger partial charge on any atom is 0.0813 e. The Morgan fingerprint density at radius 1 is 1.50 bits per heavy atom. The fraction of sp³-hybridized carbons (Fsp3) is 0.125.